The zero-order valence-corrected chi connectivity index (χ0v) is 19.6. The van der Waals surface area contributed by atoms with Gasteiger partial charge in [0.25, 0.3) is 11.5 Å². The number of hydrogen-bond donors (Lipinski definition) is 0. The van der Waals surface area contributed by atoms with Crippen LogP contribution in [0.5, 0.6) is 0 Å². The lowest BCUT2D eigenvalue weighted by atomic mass is 10.1. The van der Waals surface area contributed by atoms with Crippen molar-refractivity contribution in [3.63, 3.8) is 0 Å². The summed E-state index contributed by atoms with van der Waals surface area (Å²) in [5.74, 6) is -1.28. The summed E-state index contributed by atoms with van der Waals surface area (Å²) in [4.78, 5) is 41.7. The van der Waals surface area contributed by atoms with Crippen LogP contribution in [0.4, 0.5) is 18.9 Å². The van der Waals surface area contributed by atoms with Crippen LogP contribution in [0.1, 0.15) is 22.8 Å². The van der Waals surface area contributed by atoms with Crippen molar-refractivity contribution < 1.29 is 32.2 Å². The van der Waals surface area contributed by atoms with Crippen molar-refractivity contribution >= 4 is 23.6 Å². The zero-order valence-electron chi connectivity index (χ0n) is 19.6. The second-order valence-electron chi connectivity index (χ2n) is 7.42. The molecule has 35 heavy (non-hydrogen) atoms. The quantitative estimate of drug-likeness (QED) is 0.227. The van der Waals surface area contributed by atoms with Gasteiger partial charge in [-0.15, -0.1) is 0 Å². The first-order valence-electron chi connectivity index (χ1n) is 10.8. The van der Waals surface area contributed by atoms with Crippen LogP contribution in [0.15, 0.2) is 54.2 Å². The second kappa shape index (κ2) is 12.1. The largest absolute Gasteiger partial charge is 0.491 e. The maximum Gasteiger partial charge on any atom is 0.406 e. The van der Waals surface area contributed by atoms with E-state index in [0.717, 1.165) is 6.20 Å². The number of nitrogens with zero attached hydrogens (tertiary/aromatic N) is 3. The summed E-state index contributed by atoms with van der Waals surface area (Å²) in [5, 5.41) is 0. The third-order valence-electron chi connectivity index (χ3n) is 5.10. The van der Waals surface area contributed by atoms with Gasteiger partial charge in [-0.2, -0.15) is 13.2 Å². The molecule has 0 radical (unpaired) electrons. The summed E-state index contributed by atoms with van der Waals surface area (Å²) in [6.07, 6.45) is 3.61. The molecule has 0 aliphatic carbocycles. The van der Waals surface area contributed by atoms with E-state index in [2.05, 4.69) is 13.2 Å². The number of methoxy groups -OCH3 is 1. The number of ether oxygens (including phenoxy) is 2. The fourth-order valence-corrected chi connectivity index (χ4v) is 3.63. The summed E-state index contributed by atoms with van der Waals surface area (Å²) in [6.45, 7) is 7.86. The Balaban J connectivity index is 2.56. The summed E-state index contributed by atoms with van der Waals surface area (Å²) in [7, 11) is 1.36. The molecule has 11 heteroatoms. The van der Waals surface area contributed by atoms with Gasteiger partial charge in [0.1, 0.15) is 12.1 Å². The normalized spacial score (nSPS) is 14.7. The molecule has 2 rings (SSSR count). The third-order valence-corrected chi connectivity index (χ3v) is 5.10. The maximum atomic E-state index is 13.1. The summed E-state index contributed by atoms with van der Waals surface area (Å²) in [5.41, 5.74) is -1.25. The molecule has 1 saturated heterocycles. The highest BCUT2D eigenvalue weighted by atomic mass is 19.4. The lowest BCUT2D eigenvalue weighted by molar-refractivity contribution is -0.141. The molecule has 1 aliphatic heterocycles. The first-order valence-corrected chi connectivity index (χ1v) is 10.8. The molecule has 1 aromatic rings. The van der Waals surface area contributed by atoms with E-state index in [0.29, 0.717) is 4.57 Å². The fourth-order valence-electron chi connectivity index (χ4n) is 3.63. The number of carbonyl (C=O) groups excluding carboxylic acids is 2. The van der Waals surface area contributed by atoms with Crippen LogP contribution in [-0.4, -0.2) is 67.4 Å². The highest BCUT2D eigenvalue weighted by Gasteiger charge is 2.33. The number of allylic oxidation sites excluding steroid dienone is 4. The number of pyridine rings is 1. The van der Waals surface area contributed by atoms with Gasteiger partial charge in [0.2, 0.25) is 0 Å². The predicted octanol–water partition coefficient (Wildman–Crippen LogP) is 3.15. The molecule has 190 valence electrons. The van der Waals surface area contributed by atoms with Crippen molar-refractivity contribution in [1.29, 1.82) is 0 Å². The standard InChI is InChI=1S/C24H28F3N3O5/c1-5-8-10-17-15-30(16-24(25,26)27)22(32)19(23(33)35-7-3)20(17)28-11-13-29(14-12-28)21(31)18(34-4)9-6-2/h5-6,8-10,15H,1-2,7,11-14,16H2,3-4H3/b10-8-,18-9-. The lowest BCUT2D eigenvalue weighted by Gasteiger charge is -2.37. The maximum absolute atomic E-state index is 13.1. The highest BCUT2D eigenvalue weighted by molar-refractivity contribution is 5.98. The SMILES string of the molecule is C=C/C=C\c1cn(CC(F)(F)F)c(=O)c(C(=O)OCC)c1N1CCN(C(=O)/C(=C/C=C)OC)CC1. The van der Waals surface area contributed by atoms with Gasteiger partial charge in [0, 0.05) is 37.9 Å². The topological polar surface area (TPSA) is 81.1 Å². The second-order valence-corrected chi connectivity index (χ2v) is 7.42. The Morgan fingerprint density at radius 2 is 1.80 bits per heavy atom. The summed E-state index contributed by atoms with van der Waals surface area (Å²) < 4.78 is 49.9. The van der Waals surface area contributed by atoms with E-state index in [1.54, 1.807) is 4.90 Å². The fraction of sp³-hybridized carbons (Fsp3) is 0.375. The van der Waals surface area contributed by atoms with Gasteiger partial charge in [0.05, 0.1) is 19.4 Å². The smallest absolute Gasteiger partial charge is 0.406 e. The van der Waals surface area contributed by atoms with Crippen LogP contribution in [-0.2, 0) is 20.8 Å². The van der Waals surface area contributed by atoms with E-state index in [4.69, 9.17) is 9.47 Å². The molecule has 0 unspecified atom stereocenters. The molecule has 8 nitrogen and oxygen atoms in total. The van der Waals surface area contributed by atoms with Gasteiger partial charge >= 0.3 is 12.1 Å². The number of hydrogen-bond acceptors (Lipinski definition) is 6. The molecule has 2 heterocycles. The Hall–Kier alpha value is -3.76. The molecular formula is C24H28F3N3O5. The molecule has 0 atom stereocenters. The van der Waals surface area contributed by atoms with Crippen LogP contribution >= 0.6 is 0 Å². The Labute approximate surface area is 201 Å². The minimum Gasteiger partial charge on any atom is -0.491 e. The van der Waals surface area contributed by atoms with Crippen molar-refractivity contribution in [3.8, 4) is 0 Å². The van der Waals surface area contributed by atoms with E-state index < -0.39 is 29.8 Å². The van der Waals surface area contributed by atoms with Gasteiger partial charge in [-0.1, -0.05) is 37.5 Å². The van der Waals surface area contributed by atoms with Crippen LogP contribution in [0.2, 0.25) is 0 Å². The zero-order chi connectivity index (χ0) is 26.2. The number of esters is 1. The van der Waals surface area contributed by atoms with Crippen molar-refractivity contribution in [2.24, 2.45) is 0 Å². The Kier molecular flexibility index (Phi) is 9.50. The molecule has 1 fully saturated rings. The summed E-state index contributed by atoms with van der Waals surface area (Å²) in [6, 6.07) is 0. The molecule has 1 amide bonds. The van der Waals surface area contributed by atoms with E-state index >= 15 is 0 Å². The van der Waals surface area contributed by atoms with Crippen LogP contribution < -0.4 is 10.5 Å². The Morgan fingerprint density at radius 3 is 2.31 bits per heavy atom. The van der Waals surface area contributed by atoms with Gasteiger partial charge in [0.15, 0.2) is 5.76 Å². The van der Waals surface area contributed by atoms with E-state index in [1.807, 2.05) is 0 Å². The molecule has 1 aliphatic rings. The molecular weight excluding hydrogens is 467 g/mol. The monoisotopic (exact) mass is 495 g/mol. The molecule has 0 bridgehead atoms. The average molecular weight is 495 g/mol. The number of alkyl halides is 3. The number of anilines is 1. The third kappa shape index (κ3) is 6.87. The molecule has 1 aromatic heterocycles. The van der Waals surface area contributed by atoms with E-state index in [-0.39, 0.29) is 55.7 Å². The first kappa shape index (κ1) is 27.5. The molecule has 0 spiro atoms. The Bertz CT molecular complexity index is 1080. The first-order chi connectivity index (χ1) is 16.6. The number of rotatable bonds is 9. The van der Waals surface area contributed by atoms with Crippen molar-refractivity contribution in [2.45, 2.75) is 19.6 Å². The minimum absolute atomic E-state index is 0.0680. The van der Waals surface area contributed by atoms with Crippen molar-refractivity contribution in [3.05, 3.63) is 70.9 Å². The summed E-state index contributed by atoms with van der Waals surface area (Å²) >= 11 is 0. The van der Waals surface area contributed by atoms with Crippen molar-refractivity contribution in [2.75, 3.05) is 44.8 Å². The number of halogens is 3. The van der Waals surface area contributed by atoms with Gasteiger partial charge < -0.3 is 23.8 Å². The predicted molar refractivity (Wildman–Crippen MR) is 126 cm³/mol. The van der Waals surface area contributed by atoms with E-state index in [1.165, 1.54) is 49.3 Å². The van der Waals surface area contributed by atoms with Crippen molar-refractivity contribution in [1.82, 2.24) is 9.47 Å². The van der Waals surface area contributed by atoms with E-state index in [9.17, 15) is 27.6 Å². The number of amides is 1. The van der Waals surface area contributed by atoms with Crippen LogP contribution in [0.25, 0.3) is 6.08 Å². The molecule has 0 aromatic carbocycles. The molecule has 0 N–H and O–H groups in total. The number of carbonyl (C=O) groups is 2. The van der Waals surface area contributed by atoms with Gasteiger partial charge in [-0.25, -0.2) is 4.79 Å². The molecule has 0 saturated carbocycles. The van der Waals surface area contributed by atoms with Gasteiger partial charge in [-0.05, 0) is 13.0 Å². The highest BCUT2D eigenvalue weighted by Crippen LogP contribution is 2.28. The van der Waals surface area contributed by atoms with Gasteiger partial charge in [-0.3, -0.25) is 9.59 Å². The van der Waals surface area contributed by atoms with Crippen LogP contribution in [0.3, 0.4) is 0 Å². The lowest BCUT2D eigenvalue weighted by Crippen LogP contribution is -2.50. The number of piperazine rings is 1. The minimum atomic E-state index is -4.68. The average Bonchev–Trinajstić information content (AvgIpc) is 2.81. The Morgan fingerprint density at radius 1 is 1.14 bits per heavy atom. The number of aromatic nitrogens is 1. The van der Waals surface area contributed by atoms with Crippen LogP contribution in [0, 0.1) is 0 Å².